The van der Waals surface area contributed by atoms with Gasteiger partial charge in [0, 0.05) is 18.9 Å². The molecule has 0 aliphatic heterocycles. The smallest absolute Gasteiger partial charge is 0.222 e. The molecule has 118 valence electrons. The number of hydrogen-bond donors (Lipinski definition) is 2. The second-order valence-corrected chi connectivity index (χ2v) is 5.03. The Morgan fingerprint density at radius 2 is 2.05 bits per heavy atom. The highest BCUT2D eigenvalue weighted by molar-refractivity contribution is 5.51. The number of anilines is 2. The van der Waals surface area contributed by atoms with Crippen LogP contribution in [0.1, 0.15) is 31.7 Å². The van der Waals surface area contributed by atoms with Gasteiger partial charge in [-0.25, -0.2) is 4.98 Å². The van der Waals surface area contributed by atoms with Gasteiger partial charge in [0.25, 0.3) is 0 Å². The zero-order valence-electron chi connectivity index (χ0n) is 13.0. The van der Waals surface area contributed by atoms with Gasteiger partial charge in [0.2, 0.25) is 5.95 Å². The third-order valence-electron chi connectivity index (χ3n) is 3.21. The summed E-state index contributed by atoms with van der Waals surface area (Å²) in [5.74, 6) is 1.58. The van der Waals surface area contributed by atoms with Gasteiger partial charge in [-0.2, -0.15) is 4.98 Å². The summed E-state index contributed by atoms with van der Waals surface area (Å²) in [6, 6.07) is 4.04. The van der Waals surface area contributed by atoms with Crippen LogP contribution in [0.3, 0.4) is 0 Å². The number of nitrogens with one attached hydrogen (secondary N) is 1. The van der Waals surface area contributed by atoms with Crippen LogP contribution in [0.4, 0.5) is 11.8 Å². The highest BCUT2D eigenvalue weighted by atomic mass is 16.5. The van der Waals surface area contributed by atoms with E-state index < -0.39 is 0 Å². The lowest BCUT2D eigenvalue weighted by atomic mass is 10.1. The van der Waals surface area contributed by atoms with E-state index in [1.807, 2.05) is 12.1 Å². The van der Waals surface area contributed by atoms with Crippen molar-refractivity contribution in [2.24, 2.45) is 0 Å². The monoisotopic (exact) mass is 301 g/mol. The quantitative estimate of drug-likeness (QED) is 0.693. The third-order valence-corrected chi connectivity index (χ3v) is 3.21. The second-order valence-electron chi connectivity index (χ2n) is 5.03. The zero-order valence-corrected chi connectivity index (χ0v) is 13.0. The lowest BCUT2D eigenvalue weighted by molar-refractivity contribution is 0.310. The minimum absolute atomic E-state index is 0.253. The molecule has 0 fully saturated rings. The SMILES string of the molecule is CCCCNc1nc(N)ncc1OCCCc1ccncc1. The molecule has 0 aliphatic rings. The van der Waals surface area contributed by atoms with Crippen LogP contribution in [0.2, 0.25) is 0 Å². The predicted molar refractivity (Wildman–Crippen MR) is 87.9 cm³/mol. The van der Waals surface area contributed by atoms with Crippen molar-refractivity contribution in [3.63, 3.8) is 0 Å². The van der Waals surface area contributed by atoms with Crippen LogP contribution in [-0.2, 0) is 6.42 Å². The van der Waals surface area contributed by atoms with Gasteiger partial charge in [-0.15, -0.1) is 0 Å². The number of pyridine rings is 1. The number of aryl methyl sites for hydroxylation is 1. The van der Waals surface area contributed by atoms with E-state index in [0.29, 0.717) is 18.2 Å². The summed E-state index contributed by atoms with van der Waals surface area (Å²) < 4.78 is 5.79. The Morgan fingerprint density at radius 3 is 2.82 bits per heavy atom. The van der Waals surface area contributed by atoms with Gasteiger partial charge in [-0.1, -0.05) is 13.3 Å². The van der Waals surface area contributed by atoms with Gasteiger partial charge in [-0.3, -0.25) is 4.98 Å². The van der Waals surface area contributed by atoms with Gasteiger partial charge in [0.1, 0.15) is 0 Å². The second kappa shape index (κ2) is 8.81. The first-order chi connectivity index (χ1) is 10.8. The Kier molecular flexibility index (Phi) is 6.41. The Balaban J connectivity index is 1.83. The summed E-state index contributed by atoms with van der Waals surface area (Å²) >= 11 is 0. The highest BCUT2D eigenvalue weighted by Gasteiger charge is 2.07. The van der Waals surface area contributed by atoms with Crippen molar-refractivity contribution in [3.05, 3.63) is 36.3 Å². The van der Waals surface area contributed by atoms with E-state index in [-0.39, 0.29) is 5.95 Å². The number of nitrogen functional groups attached to an aromatic ring is 1. The van der Waals surface area contributed by atoms with Crippen molar-refractivity contribution in [1.29, 1.82) is 0 Å². The van der Waals surface area contributed by atoms with E-state index in [0.717, 1.165) is 32.2 Å². The van der Waals surface area contributed by atoms with Gasteiger partial charge in [0.05, 0.1) is 12.8 Å². The molecule has 6 heteroatoms. The molecular formula is C16H23N5O. The van der Waals surface area contributed by atoms with Gasteiger partial charge in [-0.05, 0) is 37.0 Å². The molecule has 0 atom stereocenters. The molecule has 0 saturated heterocycles. The Bertz CT molecular complexity index is 562. The van der Waals surface area contributed by atoms with Crippen LogP contribution in [0, 0.1) is 0 Å². The summed E-state index contributed by atoms with van der Waals surface area (Å²) in [7, 11) is 0. The molecule has 6 nitrogen and oxygen atoms in total. The van der Waals surface area contributed by atoms with Crippen molar-refractivity contribution in [2.75, 3.05) is 24.2 Å². The number of hydrogen-bond acceptors (Lipinski definition) is 6. The van der Waals surface area contributed by atoms with Crippen molar-refractivity contribution >= 4 is 11.8 Å². The van der Waals surface area contributed by atoms with E-state index >= 15 is 0 Å². The van der Waals surface area contributed by atoms with Crippen LogP contribution >= 0.6 is 0 Å². The standard InChI is InChI=1S/C16H23N5O/c1-2-3-8-19-15-14(12-20-16(17)21-15)22-11-4-5-13-6-9-18-10-7-13/h6-7,9-10,12H,2-5,8,11H2,1H3,(H3,17,19,20,21). The summed E-state index contributed by atoms with van der Waals surface area (Å²) in [5, 5.41) is 3.25. The minimum atomic E-state index is 0.253. The lowest BCUT2D eigenvalue weighted by Gasteiger charge is -2.12. The van der Waals surface area contributed by atoms with Crippen molar-refractivity contribution in [2.45, 2.75) is 32.6 Å². The fourth-order valence-electron chi connectivity index (χ4n) is 2.01. The van der Waals surface area contributed by atoms with E-state index in [1.165, 1.54) is 5.56 Å². The fraction of sp³-hybridized carbons (Fsp3) is 0.438. The number of ether oxygens (including phenoxy) is 1. The normalized spacial score (nSPS) is 10.4. The maximum Gasteiger partial charge on any atom is 0.222 e. The molecule has 2 rings (SSSR count). The van der Waals surface area contributed by atoms with E-state index in [2.05, 4.69) is 27.2 Å². The molecule has 0 amide bonds. The van der Waals surface area contributed by atoms with Crippen molar-refractivity contribution < 1.29 is 4.74 Å². The third kappa shape index (κ3) is 5.20. The van der Waals surface area contributed by atoms with Crippen LogP contribution in [0.5, 0.6) is 5.75 Å². The molecule has 2 aromatic heterocycles. The van der Waals surface area contributed by atoms with Gasteiger partial charge >= 0.3 is 0 Å². The molecule has 0 aliphatic carbocycles. The summed E-state index contributed by atoms with van der Waals surface area (Å²) in [6.07, 6.45) is 9.31. The Labute approximate surface area is 131 Å². The molecule has 22 heavy (non-hydrogen) atoms. The Hall–Kier alpha value is -2.37. The molecule has 2 aromatic rings. The molecule has 0 bridgehead atoms. The van der Waals surface area contributed by atoms with E-state index in [4.69, 9.17) is 10.5 Å². The fourth-order valence-corrected chi connectivity index (χ4v) is 2.01. The van der Waals surface area contributed by atoms with Crippen LogP contribution < -0.4 is 15.8 Å². The number of rotatable bonds is 9. The van der Waals surface area contributed by atoms with Crippen LogP contribution in [-0.4, -0.2) is 28.1 Å². The molecule has 2 heterocycles. The number of unbranched alkanes of at least 4 members (excludes halogenated alkanes) is 1. The first kappa shape index (κ1) is 16.0. The number of nitrogens with two attached hydrogens (primary N) is 1. The molecule has 0 saturated carbocycles. The maximum atomic E-state index is 5.79. The molecule has 0 aromatic carbocycles. The number of aromatic nitrogens is 3. The first-order valence-electron chi connectivity index (χ1n) is 7.67. The topological polar surface area (TPSA) is 86.0 Å². The minimum Gasteiger partial charge on any atom is -0.488 e. The molecular weight excluding hydrogens is 278 g/mol. The number of nitrogens with zero attached hydrogens (tertiary/aromatic N) is 3. The summed E-state index contributed by atoms with van der Waals surface area (Å²) in [5.41, 5.74) is 6.90. The summed E-state index contributed by atoms with van der Waals surface area (Å²) in [6.45, 7) is 3.60. The van der Waals surface area contributed by atoms with Gasteiger partial charge < -0.3 is 15.8 Å². The molecule has 0 radical (unpaired) electrons. The first-order valence-corrected chi connectivity index (χ1v) is 7.67. The molecule has 0 unspecified atom stereocenters. The zero-order chi connectivity index (χ0) is 15.6. The highest BCUT2D eigenvalue weighted by Crippen LogP contribution is 2.21. The molecule has 3 N–H and O–H groups in total. The Morgan fingerprint density at radius 1 is 1.23 bits per heavy atom. The molecule has 0 spiro atoms. The van der Waals surface area contributed by atoms with Crippen molar-refractivity contribution in [3.8, 4) is 5.75 Å². The predicted octanol–water partition coefficient (Wildman–Crippen LogP) is 2.68. The van der Waals surface area contributed by atoms with Crippen LogP contribution in [0.25, 0.3) is 0 Å². The maximum absolute atomic E-state index is 5.79. The van der Waals surface area contributed by atoms with Crippen LogP contribution in [0.15, 0.2) is 30.7 Å². The lowest BCUT2D eigenvalue weighted by Crippen LogP contribution is -2.09. The average Bonchev–Trinajstić information content (AvgIpc) is 2.54. The van der Waals surface area contributed by atoms with Gasteiger partial charge in [0.15, 0.2) is 11.6 Å². The summed E-state index contributed by atoms with van der Waals surface area (Å²) in [4.78, 5) is 12.2. The van der Waals surface area contributed by atoms with E-state index in [1.54, 1.807) is 18.6 Å². The largest absolute Gasteiger partial charge is 0.488 e. The van der Waals surface area contributed by atoms with Crippen molar-refractivity contribution in [1.82, 2.24) is 15.0 Å². The average molecular weight is 301 g/mol. The van der Waals surface area contributed by atoms with E-state index in [9.17, 15) is 0 Å².